The van der Waals surface area contributed by atoms with Crippen LogP contribution in [0, 0.1) is 23.7 Å². The van der Waals surface area contributed by atoms with E-state index >= 15 is 0 Å². The Morgan fingerprint density at radius 3 is 1.23 bits per heavy atom. The van der Waals surface area contributed by atoms with Gasteiger partial charge in [-0.15, -0.1) is 6.58 Å². The van der Waals surface area contributed by atoms with E-state index in [-0.39, 0.29) is 49.1 Å². The van der Waals surface area contributed by atoms with Crippen LogP contribution in [0.2, 0.25) is 0 Å². The lowest BCUT2D eigenvalue weighted by Gasteiger charge is -2.29. The van der Waals surface area contributed by atoms with Crippen molar-refractivity contribution in [3.63, 3.8) is 0 Å². The summed E-state index contributed by atoms with van der Waals surface area (Å²) in [5, 5.41) is 90.0. The highest BCUT2D eigenvalue weighted by Crippen LogP contribution is 2.29. The summed E-state index contributed by atoms with van der Waals surface area (Å²) in [6.07, 6.45) is 36.8. The first-order valence-electron chi connectivity index (χ1n) is 43.5. The van der Waals surface area contributed by atoms with Gasteiger partial charge in [0.1, 0.15) is 12.5 Å². The monoisotopic (exact) mass is 1550 g/mol. The fourth-order valence-electron chi connectivity index (χ4n) is 14.3. The third-order valence-electron chi connectivity index (χ3n) is 23.0. The zero-order chi connectivity index (χ0) is 81.8. The highest BCUT2D eigenvalue weighted by molar-refractivity contribution is 4.86. The Morgan fingerprint density at radius 2 is 0.944 bits per heavy atom. The average Bonchev–Trinajstić information content (AvgIpc) is 1.75. The number of likely N-dealkylation sites (N-methyl/N-ethyl adjacent to an activating group) is 5. The molecule has 8 heterocycles. The molecule has 8 saturated heterocycles. The summed E-state index contributed by atoms with van der Waals surface area (Å²) < 4.78 is 10.0. The van der Waals surface area contributed by atoms with Crippen molar-refractivity contribution in [2.75, 3.05) is 210 Å². The molecule has 22 heteroatoms. The predicted octanol–water partition coefficient (Wildman–Crippen LogP) is 9.73. The maximum Gasteiger partial charge on any atom is 0.107 e. The minimum absolute atomic E-state index is 0.0173. The number of aliphatic hydroxyl groups is 10. The van der Waals surface area contributed by atoms with Crippen LogP contribution in [0.15, 0.2) is 12.2 Å². The van der Waals surface area contributed by atoms with Gasteiger partial charge in [-0.3, -0.25) is 14.7 Å². The molecule has 11 atom stereocenters. The molecule has 0 aromatic carbocycles. The molecule has 22 nitrogen and oxygen atoms in total. The number of aliphatic hydroxyl groups excluding tert-OH is 10. The topological polar surface area (TPSA) is 253 Å². The van der Waals surface area contributed by atoms with Crippen molar-refractivity contribution in [3.05, 3.63) is 12.2 Å². The van der Waals surface area contributed by atoms with E-state index in [1.807, 2.05) is 52.1 Å². The number of nitrogens with zero attached hydrogens (tertiary/aromatic N) is 10. The number of morpholine rings is 1. The number of hydrogen-bond donors (Lipinski definition) is 10. The second kappa shape index (κ2) is 70.1. The molecule has 0 aromatic heterocycles. The zero-order valence-corrected chi connectivity index (χ0v) is 74.0. The third kappa shape index (κ3) is 63.1. The van der Waals surface area contributed by atoms with Gasteiger partial charge >= 0.3 is 0 Å². The molecule has 0 spiro atoms. The van der Waals surface area contributed by atoms with Gasteiger partial charge in [-0.2, -0.15) is 0 Å². The molecule has 12 fully saturated rings. The summed E-state index contributed by atoms with van der Waals surface area (Å²) >= 11 is 0. The van der Waals surface area contributed by atoms with Gasteiger partial charge in [-0.25, -0.2) is 0 Å². The Morgan fingerprint density at radius 1 is 0.444 bits per heavy atom. The van der Waals surface area contributed by atoms with E-state index in [1.165, 1.54) is 121 Å². The molecule has 12 rings (SSSR count). The van der Waals surface area contributed by atoms with E-state index in [0.29, 0.717) is 37.1 Å². The largest absolute Gasteiger partial charge is 0.396 e. The molecule has 0 radical (unpaired) electrons. The van der Waals surface area contributed by atoms with Crippen molar-refractivity contribution in [1.82, 2.24) is 49.0 Å². The SMILES string of the molecule is C=C(C)CCC.CC1COCCN1C.CCC1CCC(O)CC1.CCC1CCCC(O)C1.CCC1CCCCC1O.CN(C)C1CC1.CN1CCC(CO)C1.CN1CCC(O)C1.CN1CCC(O)CC1.CN1CCCC(O)C1.CN1CCCC1CO.CN1CCCC1O.CN1CCCCC1O.COCCN(C)C. The Hall–Kier alpha value is -1.14. The number of likely N-dealkylation sites (tertiary alicyclic amines) is 7. The second-order valence-electron chi connectivity index (χ2n) is 34.2. The van der Waals surface area contributed by atoms with Gasteiger partial charge in [-0.1, -0.05) is 84.6 Å². The van der Waals surface area contributed by atoms with Gasteiger partial charge in [0.15, 0.2) is 0 Å². The van der Waals surface area contributed by atoms with Crippen LogP contribution in [-0.4, -0.2) is 377 Å². The van der Waals surface area contributed by atoms with E-state index < -0.39 is 0 Å². The van der Waals surface area contributed by atoms with Crippen LogP contribution in [0.4, 0.5) is 0 Å². The molecule has 4 aliphatic carbocycles. The van der Waals surface area contributed by atoms with E-state index in [9.17, 15) is 10.2 Å². The Labute approximate surface area is 666 Å². The van der Waals surface area contributed by atoms with Crippen molar-refractivity contribution < 1.29 is 60.5 Å². The first-order valence-corrected chi connectivity index (χ1v) is 43.5. The smallest absolute Gasteiger partial charge is 0.107 e. The number of allylic oxidation sites excluding steroid dienone is 1. The maximum absolute atomic E-state index is 9.37. The van der Waals surface area contributed by atoms with Crippen molar-refractivity contribution in [2.45, 2.75) is 314 Å². The lowest BCUT2D eigenvalue weighted by atomic mass is 9.85. The number of rotatable bonds is 11. The molecule has 10 N–H and O–H groups in total. The molecule has 12 aliphatic rings. The quantitative estimate of drug-likeness (QED) is 0.0864. The number of piperidine rings is 3. The molecule has 4 saturated carbocycles. The lowest BCUT2D eigenvalue weighted by molar-refractivity contribution is -0.00578. The lowest BCUT2D eigenvalue weighted by Crippen LogP contribution is -2.40. The normalized spacial score (nSPS) is 29.9. The molecule has 650 valence electrons. The Kier molecular flexibility index (Phi) is 70.7. The summed E-state index contributed by atoms with van der Waals surface area (Å²) in [7, 11) is 26.4. The van der Waals surface area contributed by atoms with Crippen molar-refractivity contribution in [3.8, 4) is 0 Å². The van der Waals surface area contributed by atoms with E-state index in [0.717, 1.165) is 213 Å². The van der Waals surface area contributed by atoms with Gasteiger partial charge in [0.2, 0.25) is 0 Å². The van der Waals surface area contributed by atoms with Crippen LogP contribution >= 0.6 is 0 Å². The highest BCUT2D eigenvalue weighted by atomic mass is 16.5. The van der Waals surface area contributed by atoms with Gasteiger partial charge in [0.25, 0.3) is 0 Å². The van der Waals surface area contributed by atoms with Crippen LogP contribution in [-0.2, 0) is 9.47 Å². The minimum Gasteiger partial charge on any atom is -0.396 e. The standard InChI is InChI=1S/3C8H16O.6C6H13NO.C6H12.2C5H11NO.C5H13NO.C5H11N/c1-2-7-3-5-8(9)6-4-7;1-2-7-4-3-5-8(9)6-7;1-2-7-5-3-4-6-8(7)9;1-6-5-8-4-3-7(6)2;1-7-4-2-6(8)3-5-7;1-7-3-2-6(4-7)5-8;1-7-4-2-3-6(7)5-8;1-7-4-2-3-6(8)5-7;1-7-5-3-2-4-6(7)8;1-4-5-6(2)3;1-6-3-2-5(7)4-6;1-6-4-2-3-5(6)7;1-6(2)4-5-7-3;1-6(2)5-3-4-5/h3*7-9H,2-6H2,1H3;6H,3-5H2,1-2H3;5*6,8H,2-5H2,1H3;2,4-5H2,1,3H3;2*5,7H,2-4H2,1H3;4-5H2,1-3H3;5H,3-4H2,1-2H3. The van der Waals surface area contributed by atoms with Gasteiger partial charge < -0.3 is 94.8 Å². The first-order chi connectivity index (χ1) is 51.3. The number of methoxy groups -OCH3 is 1. The average molecular weight is 1550 g/mol. The molecule has 0 aromatic rings. The van der Waals surface area contributed by atoms with Gasteiger partial charge in [0.05, 0.1) is 63.1 Å². The Bertz CT molecular complexity index is 1880. The van der Waals surface area contributed by atoms with E-state index in [2.05, 4.69) is 130 Å². The van der Waals surface area contributed by atoms with Crippen LogP contribution in [0.25, 0.3) is 0 Å². The maximum atomic E-state index is 9.37. The highest BCUT2D eigenvalue weighted by Gasteiger charge is 2.25. The van der Waals surface area contributed by atoms with Gasteiger partial charge in [-0.05, 0) is 296 Å². The third-order valence-corrected chi connectivity index (χ3v) is 23.0. The van der Waals surface area contributed by atoms with Crippen molar-refractivity contribution in [2.24, 2.45) is 23.7 Å². The van der Waals surface area contributed by atoms with Crippen molar-refractivity contribution >= 4 is 0 Å². The second-order valence-corrected chi connectivity index (χ2v) is 34.2. The summed E-state index contributed by atoms with van der Waals surface area (Å²) in [5.74, 6) is 2.89. The molecule has 108 heavy (non-hydrogen) atoms. The summed E-state index contributed by atoms with van der Waals surface area (Å²) in [6.45, 7) is 33.7. The van der Waals surface area contributed by atoms with E-state index in [1.54, 1.807) is 7.11 Å². The predicted molar refractivity (Wildman–Crippen MR) is 454 cm³/mol. The molecule has 0 bridgehead atoms. The zero-order valence-electron chi connectivity index (χ0n) is 74.0. The van der Waals surface area contributed by atoms with Crippen LogP contribution in [0.1, 0.15) is 247 Å². The van der Waals surface area contributed by atoms with Gasteiger partial charge in [0, 0.05) is 97.3 Å². The molecule has 11 unspecified atom stereocenters. The number of ether oxygens (including phenoxy) is 2. The van der Waals surface area contributed by atoms with Crippen LogP contribution in [0.3, 0.4) is 0 Å². The molecular formula is C86H184N10O12. The number of hydrogen-bond acceptors (Lipinski definition) is 22. The van der Waals surface area contributed by atoms with Crippen molar-refractivity contribution in [1.29, 1.82) is 0 Å². The van der Waals surface area contributed by atoms with Crippen LogP contribution < -0.4 is 0 Å². The van der Waals surface area contributed by atoms with Crippen LogP contribution in [0.5, 0.6) is 0 Å². The fraction of sp³-hybridized carbons (Fsp3) is 0.977. The number of β-amino-alcohol motifs (C(OH)–C–C–N with tert-alkyl or cyclic N) is 2. The molecular weight excluding hydrogens is 1370 g/mol. The Balaban J connectivity index is 0. The summed E-state index contributed by atoms with van der Waals surface area (Å²) in [4.78, 5) is 21.6. The fourth-order valence-corrected chi connectivity index (χ4v) is 14.3. The molecule has 8 aliphatic heterocycles. The minimum atomic E-state index is -0.163. The molecule has 0 amide bonds. The first kappa shape index (κ1) is 109. The summed E-state index contributed by atoms with van der Waals surface area (Å²) in [6, 6.07) is 2.00. The van der Waals surface area contributed by atoms with E-state index in [4.69, 9.17) is 50.3 Å². The summed E-state index contributed by atoms with van der Waals surface area (Å²) in [5.41, 5.74) is 1.29.